The normalized spacial score (nSPS) is 29.0. The number of aliphatic hydroxyl groups is 5. The molecule has 156 valence electrons. The van der Waals surface area contributed by atoms with E-state index in [4.69, 9.17) is 19.3 Å². The number of carbonyl (C=O) groups excluding carboxylic acids is 1. The first-order chi connectivity index (χ1) is 13.3. The molecule has 2 unspecified atom stereocenters. The van der Waals surface area contributed by atoms with Crippen LogP contribution < -0.4 is 0 Å². The van der Waals surface area contributed by atoms with Crippen LogP contribution >= 0.6 is 0 Å². The number of hydrogen-bond donors (Lipinski definition) is 6. The Morgan fingerprint density at radius 3 is 2.43 bits per heavy atom. The lowest BCUT2D eigenvalue weighted by atomic mass is 9.99. The lowest BCUT2D eigenvalue weighted by Gasteiger charge is -2.39. The average molecular weight is 400 g/mol. The molecule has 6 N–H and O–H groups in total. The fourth-order valence-electron chi connectivity index (χ4n) is 2.44. The van der Waals surface area contributed by atoms with Gasteiger partial charge in [0.2, 0.25) is 0 Å². The van der Waals surface area contributed by atoms with Gasteiger partial charge in [0.1, 0.15) is 42.9 Å². The molecule has 1 aromatic rings. The van der Waals surface area contributed by atoms with Gasteiger partial charge in [0.15, 0.2) is 6.29 Å². The van der Waals surface area contributed by atoms with E-state index in [0.29, 0.717) is 5.56 Å². The van der Waals surface area contributed by atoms with Gasteiger partial charge < -0.3 is 44.8 Å². The van der Waals surface area contributed by atoms with Gasteiger partial charge in [0, 0.05) is 6.08 Å². The van der Waals surface area contributed by atoms with E-state index < -0.39 is 62.6 Å². The molecule has 28 heavy (non-hydrogen) atoms. The van der Waals surface area contributed by atoms with E-state index in [2.05, 4.69) is 0 Å². The number of hydrogen-bond acceptors (Lipinski definition) is 10. The van der Waals surface area contributed by atoms with Gasteiger partial charge in [-0.05, 0) is 23.8 Å². The molecule has 10 nitrogen and oxygen atoms in total. The summed E-state index contributed by atoms with van der Waals surface area (Å²) in [5.74, 6) is -0.609. The third kappa shape index (κ3) is 6.24. The van der Waals surface area contributed by atoms with E-state index in [1.54, 1.807) is 12.1 Å². The Morgan fingerprint density at radius 1 is 1.11 bits per heavy atom. The van der Waals surface area contributed by atoms with Gasteiger partial charge in [-0.1, -0.05) is 12.1 Å². The highest BCUT2D eigenvalue weighted by Gasteiger charge is 2.44. The van der Waals surface area contributed by atoms with Crippen LogP contribution in [0.3, 0.4) is 0 Å². The standard InChI is InChI=1S/C18H24O10/c19-7-13-15(23)16(24)17(25)18(28-13)27-9-12(21)8-26-14(22)6-3-10-1-4-11(20)5-2-10/h1-6,12-13,15-21,23-25H,7-9H2/t12-,13?,15-,16-,17?,18-/m1/s1. The Morgan fingerprint density at radius 2 is 1.79 bits per heavy atom. The number of esters is 1. The van der Waals surface area contributed by atoms with Crippen LogP contribution in [0.1, 0.15) is 5.56 Å². The summed E-state index contributed by atoms with van der Waals surface area (Å²) in [7, 11) is 0. The van der Waals surface area contributed by atoms with Crippen molar-refractivity contribution in [2.24, 2.45) is 0 Å². The quantitative estimate of drug-likeness (QED) is 0.215. The highest BCUT2D eigenvalue weighted by Crippen LogP contribution is 2.22. The van der Waals surface area contributed by atoms with Crippen LogP contribution in [0.4, 0.5) is 0 Å². The van der Waals surface area contributed by atoms with Crippen LogP contribution in [0.5, 0.6) is 5.75 Å². The number of rotatable bonds is 8. The second-order valence-corrected chi connectivity index (χ2v) is 6.24. The van der Waals surface area contributed by atoms with Gasteiger partial charge >= 0.3 is 5.97 Å². The maximum Gasteiger partial charge on any atom is 0.330 e. The molecule has 0 aromatic heterocycles. The molecule has 1 aliphatic heterocycles. The predicted octanol–water partition coefficient (Wildman–Crippen LogP) is -1.87. The molecule has 0 radical (unpaired) electrons. The summed E-state index contributed by atoms with van der Waals surface area (Å²) in [5.41, 5.74) is 0.668. The van der Waals surface area contributed by atoms with E-state index in [-0.39, 0.29) is 5.75 Å². The number of ether oxygens (including phenoxy) is 3. The summed E-state index contributed by atoms with van der Waals surface area (Å²) in [6.45, 7) is -1.38. The molecule has 2 rings (SSSR count). The van der Waals surface area contributed by atoms with Crippen LogP contribution in [-0.2, 0) is 19.0 Å². The van der Waals surface area contributed by atoms with Crippen molar-refractivity contribution in [1.29, 1.82) is 0 Å². The topological polar surface area (TPSA) is 166 Å². The molecule has 0 bridgehead atoms. The lowest BCUT2D eigenvalue weighted by molar-refractivity contribution is -0.304. The molecule has 1 saturated heterocycles. The fraction of sp³-hybridized carbons (Fsp3) is 0.500. The first-order valence-electron chi connectivity index (χ1n) is 8.56. The summed E-state index contributed by atoms with van der Waals surface area (Å²) in [4.78, 5) is 11.6. The van der Waals surface area contributed by atoms with Gasteiger partial charge in [0.05, 0.1) is 13.2 Å². The van der Waals surface area contributed by atoms with E-state index in [1.165, 1.54) is 18.2 Å². The van der Waals surface area contributed by atoms with E-state index in [9.17, 15) is 30.3 Å². The van der Waals surface area contributed by atoms with Gasteiger partial charge in [-0.2, -0.15) is 0 Å². The van der Waals surface area contributed by atoms with Crippen molar-refractivity contribution in [3.8, 4) is 5.75 Å². The number of phenolic OH excluding ortho intramolecular Hbond substituents is 1. The van der Waals surface area contributed by atoms with Crippen molar-refractivity contribution in [2.75, 3.05) is 19.8 Å². The molecule has 6 atom stereocenters. The molecular weight excluding hydrogens is 376 g/mol. The average Bonchev–Trinajstić information content (AvgIpc) is 2.69. The van der Waals surface area contributed by atoms with E-state index in [1.807, 2.05) is 0 Å². The fourth-order valence-corrected chi connectivity index (χ4v) is 2.44. The molecule has 1 aromatic carbocycles. The van der Waals surface area contributed by atoms with Crippen molar-refractivity contribution < 1.29 is 49.6 Å². The largest absolute Gasteiger partial charge is 0.508 e. The van der Waals surface area contributed by atoms with Crippen molar-refractivity contribution in [2.45, 2.75) is 36.8 Å². The van der Waals surface area contributed by atoms with Crippen LogP contribution in [0, 0.1) is 0 Å². The molecule has 0 spiro atoms. The SMILES string of the molecule is O=C(C=Cc1ccc(O)cc1)OC[C@@H](O)CO[C@@H]1OC(CO)[C@@H](O)[C@@H](O)C1O. The highest BCUT2D eigenvalue weighted by atomic mass is 16.7. The number of carbonyl (C=O) groups is 1. The molecule has 0 amide bonds. The molecule has 1 fully saturated rings. The molecule has 1 heterocycles. The molecule has 0 aliphatic carbocycles. The van der Waals surface area contributed by atoms with Gasteiger partial charge in [-0.25, -0.2) is 4.79 Å². The Kier molecular flexibility index (Phi) is 8.33. The minimum Gasteiger partial charge on any atom is -0.508 e. The zero-order valence-corrected chi connectivity index (χ0v) is 14.9. The Bertz CT molecular complexity index is 644. The second kappa shape index (κ2) is 10.5. The highest BCUT2D eigenvalue weighted by molar-refractivity contribution is 5.87. The zero-order chi connectivity index (χ0) is 20.7. The minimum absolute atomic E-state index is 0.0993. The predicted molar refractivity (Wildman–Crippen MR) is 93.8 cm³/mol. The first kappa shape index (κ1) is 22.2. The van der Waals surface area contributed by atoms with E-state index in [0.717, 1.165) is 6.08 Å². The monoisotopic (exact) mass is 400 g/mol. The summed E-state index contributed by atoms with van der Waals surface area (Å²) in [5, 5.41) is 57.2. The number of aromatic hydroxyl groups is 1. The summed E-state index contributed by atoms with van der Waals surface area (Å²) < 4.78 is 15.1. The Labute approximate surface area is 160 Å². The number of aliphatic hydroxyl groups excluding tert-OH is 5. The van der Waals surface area contributed by atoms with Gasteiger partial charge in [0.25, 0.3) is 0 Å². The summed E-state index contributed by atoms with van der Waals surface area (Å²) in [6.07, 6.45) is -5.80. The van der Waals surface area contributed by atoms with Crippen LogP contribution in [-0.4, -0.2) is 93.2 Å². The maximum absolute atomic E-state index is 11.6. The summed E-state index contributed by atoms with van der Waals surface area (Å²) in [6, 6.07) is 6.13. The van der Waals surface area contributed by atoms with Crippen LogP contribution in [0.15, 0.2) is 30.3 Å². The molecular formula is C18H24O10. The number of benzene rings is 1. The third-order valence-electron chi connectivity index (χ3n) is 4.02. The van der Waals surface area contributed by atoms with Crippen molar-refractivity contribution >= 4 is 12.0 Å². The smallest absolute Gasteiger partial charge is 0.330 e. The van der Waals surface area contributed by atoms with E-state index >= 15 is 0 Å². The summed E-state index contributed by atoms with van der Waals surface area (Å²) >= 11 is 0. The molecule has 10 heteroatoms. The van der Waals surface area contributed by atoms with Gasteiger partial charge in [-0.15, -0.1) is 0 Å². The van der Waals surface area contributed by atoms with Gasteiger partial charge in [-0.3, -0.25) is 0 Å². The molecule has 1 aliphatic rings. The van der Waals surface area contributed by atoms with Crippen molar-refractivity contribution in [1.82, 2.24) is 0 Å². The maximum atomic E-state index is 11.6. The Balaban J connectivity index is 1.73. The molecule has 0 saturated carbocycles. The third-order valence-corrected chi connectivity index (χ3v) is 4.02. The van der Waals surface area contributed by atoms with Crippen LogP contribution in [0.2, 0.25) is 0 Å². The first-order valence-corrected chi connectivity index (χ1v) is 8.56. The second-order valence-electron chi connectivity index (χ2n) is 6.24. The van der Waals surface area contributed by atoms with Crippen LogP contribution in [0.25, 0.3) is 6.08 Å². The lowest BCUT2D eigenvalue weighted by Crippen LogP contribution is -2.59. The van der Waals surface area contributed by atoms with Crippen molar-refractivity contribution in [3.63, 3.8) is 0 Å². The number of phenols is 1. The Hall–Kier alpha value is -2.05. The van der Waals surface area contributed by atoms with Crippen molar-refractivity contribution in [3.05, 3.63) is 35.9 Å². The minimum atomic E-state index is -1.59. The zero-order valence-electron chi connectivity index (χ0n) is 14.9.